The number of rotatable bonds is 3. The Bertz CT molecular complexity index is 549. The van der Waals surface area contributed by atoms with Gasteiger partial charge in [0.15, 0.2) is 6.29 Å². The number of methoxy groups -OCH3 is 1. The molecule has 1 aliphatic heterocycles. The van der Waals surface area contributed by atoms with Gasteiger partial charge in [-0.15, -0.1) is 0 Å². The van der Waals surface area contributed by atoms with Crippen LogP contribution >= 0.6 is 0 Å². The molecule has 3 rings (SSSR count). The molecule has 1 aromatic heterocycles. The number of pyridine rings is 1. The molecule has 0 N–H and O–H groups in total. The fourth-order valence-corrected chi connectivity index (χ4v) is 2.51. The topological polar surface area (TPSA) is 31.8 Å². The monoisotopic (exact) mass is 300 g/mol. The fourth-order valence-electron chi connectivity index (χ4n) is 2.51. The molecule has 22 heavy (non-hydrogen) atoms. The van der Waals surface area contributed by atoms with Crippen molar-refractivity contribution in [3.63, 3.8) is 0 Å². The normalized spacial score (nSPS) is 17.0. The van der Waals surface area contributed by atoms with E-state index < -0.39 is 0 Å². The summed E-state index contributed by atoms with van der Waals surface area (Å²) in [6.45, 7) is 0.629. The maximum Gasteiger partial charge on any atom is 0.160 e. The van der Waals surface area contributed by atoms with Crippen LogP contribution in [-0.4, -0.2) is 61.0 Å². The van der Waals surface area contributed by atoms with Crippen LogP contribution in [-0.2, 0) is 4.74 Å². The Morgan fingerprint density at radius 2 is 1.86 bits per heavy atom. The van der Waals surface area contributed by atoms with Crippen LogP contribution < -0.4 is 0 Å². The van der Waals surface area contributed by atoms with Crippen molar-refractivity contribution in [2.45, 2.75) is 6.29 Å². The van der Waals surface area contributed by atoms with Crippen molar-refractivity contribution >= 4 is 10.9 Å². The SMILES string of the molecule is COCN1C=CN(C)C1N(C)C.c1ccc2ncccc2c1. The summed E-state index contributed by atoms with van der Waals surface area (Å²) in [5, 5.41) is 1.20. The maximum atomic E-state index is 5.08. The van der Waals surface area contributed by atoms with Crippen LogP contribution in [0.5, 0.6) is 0 Å². The van der Waals surface area contributed by atoms with Gasteiger partial charge in [0.25, 0.3) is 0 Å². The molecule has 0 saturated heterocycles. The summed E-state index contributed by atoms with van der Waals surface area (Å²) in [6, 6.07) is 12.1. The molecule has 118 valence electrons. The molecule has 0 fully saturated rings. The molecule has 1 atom stereocenters. The van der Waals surface area contributed by atoms with Crippen molar-refractivity contribution in [1.82, 2.24) is 19.7 Å². The third kappa shape index (κ3) is 3.96. The maximum absolute atomic E-state index is 5.08. The zero-order valence-corrected chi connectivity index (χ0v) is 13.7. The standard InChI is InChI=1S/C9H7N.C8H17N3O/c1-2-6-9-8(4-1)5-3-7-10-9;1-9(2)8-10(3)5-6-11(8)7-12-4/h1-7H;5-6,8H,7H2,1-4H3. The first-order chi connectivity index (χ1) is 10.6. The van der Waals surface area contributed by atoms with Gasteiger partial charge in [-0.25, -0.2) is 0 Å². The van der Waals surface area contributed by atoms with Gasteiger partial charge in [0.1, 0.15) is 6.73 Å². The van der Waals surface area contributed by atoms with Crippen molar-refractivity contribution in [3.05, 3.63) is 55.0 Å². The van der Waals surface area contributed by atoms with E-state index in [2.05, 4.69) is 53.0 Å². The second-order valence-electron chi connectivity index (χ2n) is 5.40. The van der Waals surface area contributed by atoms with Gasteiger partial charge < -0.3 is 14.5 Å². The minimum atomic E-state index is 0.282. The van der Waals surface area contributed by atoms with Crippen LogP contribution in [0, 0.1) is 0 Å². The minimum Gasteiger partial charge on any atom is -0.364 e. The number of para-hydroxylation sites is 1. The molecule has 2 heterocycles. The highest BCUT2D eigenvalue weighted by Gasteiger charge is 2.24. The van der Waals surface area contributed by atoms with Gasteiger partial charge in [-0.05, 0) is 26.2 Å². The third-order valence-electron chi connectivity index (χ3n) is 3.41. The van der Waals surface area contributed by atoms with E-state index >= 15 is 0 Å². The van der Waals surface area contributed by atoms with Crippen LogP contribution in [0.4, 0.5) is 0 Å². The number of ether oxygens (including phenoxy) is 1. The Balaban J connectivity index is 0.000000162. The molecule has 0 aliphatic carbocycles. The summed E-state index contributed by atoms with van der Waals surface area (Å²) in [5.74, 6) is 0. The number of nitrogens with zero attached hydrogens (tertiary/aromatic N) is 4. The highest BCUT2D eigenvalue weighted by molar-refractivity contribution is 5.77. The van der Waals surface area contributed by atoms with E-state index in [0.717, 1.165) is 5.52 Å². The van der Waals surface area contributed by atoms with E-state index in [4.69, 9.17) is 4.74 Å². The van der Waals surface area contributed by atoms with Gasteiger partial charge in [-0.3, -0.25) is 9.88 Å². The molecule has 1 unspecified atom stereocenters. The zero-order valence-electron chi connectivity index (χ0n) is 13.7. The average molecular weight is 300 g/mol. The lowest BCUT2D eigenvalue weighted by atomic mass is 10.2. The minimum absolute atomic E-state index is 0.282. The molecule has 1 aliphatic rings. The smallest absolute Gasteiger partial charge is 0.160 e. The highest BCUT2D eigenvalue weighted by Crippen LogP contribution is 2.14. The molecule has 5 nitrogen and oxygen atoms in total. The molecule has 0 saturated carbocycles. The van der Waals surface area contributed by atoms with Crippen molar-refractivity contribution in [2.75, 3.05) is 35.0 Å². The Hall–Kier alpha value is -2.11. The van der Waals surface area contributed by atoms with Crippen molar-refractivity contribution in [2.24, 2.45) is 0 Å². The lowest BCUT2D eigenvalue weighted by molar-refractivity contribution is -0.0204. The third-order valence-corrected chi connectivity index (χ3v) is 3.41. The molecular weight excluding hydrogens is 276 g/mol. The lowest BCUT2D eigenvalue weighted by Gasteiger charge is -2.34. The van der Waals surface area contributed by atoms with Crippen LogP contribution in [0.1, 0.15) is 0 Å². The van der Waals surface area contributed by atoms with Gasteiger partial charge >= 0.3 is 0 Å². The number of hydrogen-bond donors (Lipinski definition) is 0. The first-order valence-corrected chi connectivity index (χ1v) is 7.24. The quantitative estimate of drug-likeness (QED) is 0.869. The summed E-state index contributed by atoms with van der Waals surface area (Å²) in [4.78, 5) is 10.6. The number of benzene rings is 1. The highest BCUT2D eigenvalue weighted by atomic mass is 16.5. The first kappa shape index (κ1) is 16.3. The summed E-state index contributed by atoms with van der Waals surface area (Å²) in [6.07, 6.45) is 6.17. The van der Waals surface area contributed by atoms with Crippen molar-refractivity contribution < 1.29 is 4.74 Å². The van der Waals surface area contributed by atoms with Crippen LogP contribution in [0.15, 0.2) is 55.0 Å². The molecule has 0 radical (unpaired) electrons. The fraction of sp³-hybridized carbons (Fsp3) is 0.353. The Morgan fingerprint density at radius 1 is 1.14 bits per heavy atom. The van der Waals surface area contributed by atoms with Crippen LogP contribution in [0.3, 0.4) is 0 Å². The molecule has 0 spiro atoms. The van der Waals surface area contributed by atoms with E-state index in [-0.39, 0.29) is 6.29 Å². The predicted octanol–water partition coefficient (Wildman–Crippen LogP) is 2.39. The summed E-state index contributed by atoms with van der Waals surface area (Å²) < 4.78 is 5.08. The summed E-state index contributed by atoms with van der Waals surface area (Å²) >= 11 is 0. The molecule has 0 amide bonds. The molecule has 2 aromatic rings. The number of fused-ring (bicyclic) bond motifs is 1. The van der Waals surface area contributed by atoms with Crippen molar-refractivity contribution in [1.29, 1.82) is 0 Å². The average Bonchev–Trinajstić information content (AvgIpc) is 2.89. The number of aromatic nitrogens is 1. The Labute approximate surface area is 132 Å². The van der Waals surface area contributed by atoms with Gasteiger partial charge in [-0.2, -0.15) is 0 Å². The molecule has 0 bridgehead atoms. The van der Waals surface area contributed by atoms with Gasteiger partial charge in [0.05, 0.1) is 5.52 Å². The van der Waals surface area contributed by atoms with E-state index in [1.165, 1.54) is 5.39 Å². The van der Waals surface area contributed by atoms with Crippen molar-refractivity contribution in [3.8, 4) is 0 Å². The second kappa shape index (κ2) is 7.77. The largest absolute Gasteiger partial charge is 0.364 e. The van der Waals surface area contributed by atoms with E-state index in [1.807, 2.05) is 42.9 Å². The van der Waals surface area contributed by atoms with Gasteiger partial charge in [-0.1, -0.05) is 24.3 Å². The second-order valence-corrected chi connectivity index (χ2v) is 5.40. The van der Waals surface area contributed by atoms with E-state index in [1.54, 1.807) is 7.11 Å². The van der Waals surface area contributed by atoms with Gasteiger partial charge in [0.2, 0.25) is 0 Å². The van der Waals surface area contributed by atoms with E-state index in [0.29, 0.717) is 6.73 Å². The van der Waals surface area contributed by atoms with Crippen LogP contribution in [0.25, 0.3) is 10.9 Å². The summed E-state index contributed by atoms with van der Waals surface area (Å²) in [7, 11) is 7.86. The number of hydrogen-bond acceptors (Lipinski definition) is 5. The predicted molar refractivity (Wildman–Crippen MR) is 89.8 cm³/mol. The molecule has 1 aromatic carbocycles. The van der Waals surface area contributed by atoms with E-state index in [9.17, 15) is 0 Å². The lowest BCUT2D eigenvalue weighted by Crippen LogP contribution is -2.47. The molecule has 5 heteroatoms. The zero-order chi connectivity index (χ0) is 15.9. The first-order valence-electron chi connectivity index (χ1n) is 7.24. The Morgan fingerprint density at radius 3 is 2.55 bits per heavy atom. The van der Waals surface area contributed by atoms with Crippen LogP contribution in [0.2, 0.25) is 0 Å². The Kier molecular flexibility index (Phi) is 5.75. The molecular formula is C17H24N4O. The van der Waals surface area contributed by atoms with Gasteiger partial charge in [0, 0.05) is 38.1 Å². The summed E-state index contributed by atoms with van der Waals surface area (Å²) in [5.41, 5.74) is 1.06.